The summed E-state index contributed by atoms with van der Waals surface area (Å²) in [5.41, 5.74) is 7.07. The molecule has 6 nitrogen and oxygen atoms in total. The predicted octanol–water partition coefficient (Wildman–Crippen LogP) is 5.67. The second kappa shape index (κ2) is 8.69. The lowest BCUT2D eigenvalue weighted by Gasteiger charge is -2.28. The Labute approximate surface area is 206 Å². The van der Waals surface area contributed by atoms with Gasteiger partial charge in [-0.25, -0.2) is 9.69 Å². The summed E-state index contributed by atoms with van der Waals surface area (Å²) in [5.74, 6) is -1.33. The van der Waals surface area contributed by atoms with Gasteiger partial charge in [-0.2, -0.15) is 0 Å². The second-order valence-corrected chi connectivity index (χ2v) is 10.1. The molecule has 0 radical (unpaired) electrons. The maximum Gasteiger partial charge on any atom is 0.335 e. The molecule has 1 N–H and O–H groups in total. The van der Waals surface area contributed by atoms with Crippen LogP contribution in [0.15, 0.2) is 54.1 Å². The van der Waals surface area contributed by atoms with Gasteiger partial charge in [0.2, 0.25) is 0 Å². The van der Waals surface area contributed by atoms with E-state index in [-0.39, 0.29) is 11.0 Å². The predicted molar refractivity (Wildman–Crippen MR) is 139 cm³/mol. The second-order valence-electron chi connectivity index (χ2n) is 10.1. The van der Waals surface area contributed by atoms with Crippen LogP contribution in [-0.2, 0) is 15.0 Å². The molecular formula is C29H31N3O3. The molecule has 3 aromatic rings. The van der Waals surface area contributed by atoms with Gasteiger partial charge < -0.3 is 4.57 Å². The van der Waals surface area contributed by atoms with E-state index in [1.165, 1.54) is 5.56 Å². The largest absolute Gasteiger partial charge is 0.335 e. The average Bonchev–Trinajstić information content (AvgIpc) is 3.06. The number of carbonyl (C=O) groups is 3. The number of aromatic nitrogens is 1. The molecule has 1 aliphatic heterocycles. The van der Waals surface area contributed by atoms with Gasteiger partial charge in [0.15, 0.2) is 0 Å². The number of anilines is 1. The fourth-order valence-electron chi connectivity index (χ4n) is 4.45. The Morgan fingerprint density at radius 3 is 2.17 bits per heavy atom. The zero-order valence-electron chi connectivity index (χ0n) is 21.3. The fraction of sp³-hybridized carbons (Fsp3) is 0.276. The molecule has 1 aliphatic rings. The molecule has 0 bridgehead atoms. The molecule has 0 atom stereocenters. The Morgan fingerprint density at radius 1 is 0.886 bits per heavy atom. The number of hydrogen-bond acceptors (Lipinski definition) is 3. The zero-order chi connectivity index (χ0) is 25.7. The number of hydrogen-bond donors (Lipinski definition) is 1. The van der Waals surface area contributed by atoms with Crippen LogP contribution in [0.25, 0.3) is 11.8 Å². The van der Waals surface area contributed by atoms with Crippen molar-refractivity contribution >= 4 is 29.6 Å². The first-order valence-electron chi connectivity index (χ1n) is 11.7. The average molecular weight is 470 g/mol. The lowest BCUT2D eigenvalue weighted by Crippen LogP contribution is -2.54. The highest BCUT2D eigenvalue weighted by molar-refractivity contribution is 6.39. The van der Waals surface area contributed by atoms with Gasteiger partial charge in [0.25, 0.3) is 11.8 Å². The maximum atomic E-state index is 13.4. The first-order chi connectivity index (χ1) is 16.4. The van der Waals surface area contributed by atoms with Crippen LogP contribution in [0.3, 0.4) is 0 Å². The van der Waals surface area contributed by atoms with Crippen LogP contribution >= 0.6 is 0 Å². The summed E-state index contributed by atoms with van der Waals surface area (Å²) in [6.07, 6.45) is 1.57. The van der Waals surface area contributed by atoms with E-state index in [2.05, 4.69) is 54.9 Å². The van der Waals surface area contributed by atoms with Crippen molar-refractivity contribution in [1.29, 1.82) is 0 Å². The number of urea groups is 1. The monoisotopic (exact) mass is 469 g/mol. The quantitative estimate of drug-likeness (QED) is 0.397. The van der Waals surface area contributed by atoms with Crippen molar-refractivity contribution in [2.24, 2.45) is 0 Å². The highest BCUT2D eigenvalue weighted by Gasteiger charge is 2.37. The molecule has 1 aromatic heterocycles. The van der Waals surface area contributed by atoms with Crippen molar-refractivity contribution in [3.8, 4) is 5.69 Å². The summed E-state index contributed by atoms with van der Waals surface area (Å²) in [6, 6.07) is 15.0. The molecule has 6 heteroatoms. The molecule has 0 saturated carbocycles. The molecule has 0 spiro atoms. The summed E-state index contributed by atoms with van der Waals surface area (Å²) in [6.45, 7) is 14.2. The molecule has 4 amide bonds. The van der Waals surface area contributed by atoms with E-state index in [1.54, 1.807) is 18.2 Å². The Morgan fingerprint density at radius 2 is 1.54 bits per heavy atom. The molecule has 35 heavy (non-hydrogen) atoms. The molecule has 0 aliphatic carbocycles. The molecule has 1 saturated heterocycles. The van der Waals surface area contributed by atoms with E-state index in [1.807, 2.05) is 39.8 Å². The maximum absolute atomic E-state index is 13.4. The minimum atomic E-state index is -0.740. The normalized spacial score (nSPS) is 15.7. The van der Waals surface area contributed by atoms with E-state index < -0.39 is 17.8 Å². The number of nitrogens with zero attached hydrogens (tertiary/aromatic N) is 2. The molecule has 4 rings (SSSR count). The van der Waals surface area contributed by atoms with Crippen LogP contribution in [-0.4, -0.2) is 22.4 Å². The number of aryl methyl sites for hydroxylation is 2. The summed E-state index contributed by atoms with van der Waals surface area (Å²) in [4.78, 5) is 39.8. The third kappa shape index (κ3) is 4.32. The lowest BCUT2D eigenvalue weighted by molar-refractivity contribution is -0.122. The Hall–Kier alpha value is -3.93. The number of barbiturate groups is 1. The summed E-state index contributed by atoms with van der Waals surface area (Å²) in [5, 5.41) is 2.32. The minimum Gasteiger partial charge on any atom is -0.318 e. The Kier molecular flexibility index (Phi) is 6.01. The number of nitrogens with one attached hydrogen (secondary N) is 1. The topological polar surface area (TPSA) is 71.4 Å². The summed E-state index contributed by atoms with van der Waals surface area (Å²) < 4.78 is 2.09. The first kappa shape index (κ1) is 24.2. The zero-order valence-corrected chi connectivity index (χ0v) is 21.3. The number of amides is 4. The van der Waals surface area contributed by atoms with Crippen LogP contribution < -0.4 is 10.2 Å². The fourth-order valence-corrected chi connectivity index (χ4v) is 4.45. The van der Waals surface area contributed by atoms with Gasteiger partial charge in [-0.3, -0.25) is 14.9 Å². The van der Waals surface area contributed by atoms with Crippen molar-refractivity contribution in [3.63, 3.8) is 0 Å². The SMILES string of the molecule is Cc1cccc(N2C(=O)NC(=O)/C(=C\c3cc(C)n(-c4ccc(C(C)(C)C)cc4)c3C)C2=O)c1C. The minimum absolute atomic E-state index is 0.0581. The highest BCUT2D eigenvalue weighted by Crippen LogP contribution is 2.29. The van der Waals surface area contributed by atoms with Gasteiger partial charge in [0.1, 0.15) is 5.57 Å². The van der Waals surface area contributed by atoms with E-state index in [4.69, 9.17) is 0 Å². The van der Waals surface area contributed by atoms with Crippen molar-refractivity contribution < 1.29 is 14.4 Å². The Balaban J connectivity index is 1.75. The van der Waals surface area contributed by atoms with Crippen LogP contribution in [0.4, 0.5) is 10.5 Å². The summed E-state index contributed by atoms with van der Waals surface area (Å²) in [7, 11) is 0. The van der Waals surface area contributed by atoms with Crippen molar-refractivity contribution in [3.05, 3.63) is 87.7 Å². The first-order valence-corrected chi connectivity index (χ1v) is 11.7. The molecule has 180 valence electrons. The smallest absolute Gasteiger partial charge is 0.318 e. The van der Waals surface area contributed by atoms with E-state index >= 15 is 0 Å². The van der Waals surface area contributed by atoms with Gasteiger partial charge in [-0.15, -0.1) is 0 Å². The standard InChI is InChI=1S/C29H31N3O3/c1-17-9-8-10-25(19(17)3)32-27(34)24(26(33)30-28(32)35)16-21-15-18(2)31(20(21)4)23-13-11-22(12-14-23)29(5,6)7/h8-16H,1-7H3,(H,30,33,35)/b24-16+. The highest BCUT2D eigenvalue weighted by atomic mass is 16.2. The number of imide groups is 2. The van der Waals surface area contributed by atoms with Crippen LogP contribution in [0.1, 0.15) is 54.4 Å². The Bertz CT molecular complexity index is 1390. The van der Waals surface area contributed by atoms with Gasteiger partial charge in [-0.05, 0) is 85.7 Å². The van der Waals surface area contributed by atoms with Gasteiger partial charge in [0, 0.05) is 17.1 Å². The number of benzene rings is 2. The van der Waals surface area contributed by atoms with Crippen molar-refractivity contribution in [2.75, 3.05) is 4.90 Å². The molecule has 2 aromatic carbocycles. The van der Waals surface area contributed by atoms with E-state index in [0.717, 1.165) is 38.7 Å². The van der Waals surface area contributed by atoms with Crippen molar-refractivity contribution in [1.82, 2.24) is 9.88 Å². The molecular weight excluding hydrogens is 438 g/mol. The number of carbonyl (C=O) groups excluding carboxylic acids is 3. The molecule has 0 unspecified atom stereocenters. The summed E-state index contributed by atoms with van der Waals surface area (Å²) >= 11 is 0. The van der Waals surface area contributed by atoms with Gasteiger partial charge >= 0.3 is 6.03 Å². The van der Waals surface area contributed by atoms with Gasteiger partial charge in [0.05, 0.1) is 5.69 Å². The number of rotatable bonds is 3. The van der Waals surface area contributed by atoms with Crippen LogP contribution in [0, 0.1) is 27.7 Å². The lowest BCUT2D eigenvalue weighted by atomic mass is 9.87. The third-order valence-electron chi connectivity index (χ3n) is 6.68. The van der Waals surface area contributed by atoms with E-state index in [9.17, 15) is 14.4 Å². The van der Waals surface area contributed by atoms with Crippen molar-refractivity contribution in [2.45, 2.75) is 53.9 Å². The van der Waals surface area contributed by atoms with E-state index in [0.29, 0.717) is 5.69 Å². The van der Waals surface area contributed by atoms with Crippen LogP contribution in [0.5, 0.6) is 0 Å². The molecule has 1 fully saturated rings. The van der Waals surface area contributed by atoms with Gasteiger partial charge in [-0.1, -0.05) is 45.0 Å². The molecule has 2 heterocycles. The van der Waals surface area contributed by atoms with Crippen LogP contribution in [0.2, 0.25) is 0 Å². The third-order valence-corrected chi connectivity index (χ3v) is 6.68.